The summed E-state index contributed by atoms with van der Waals surface area (Å²) >= 11 is 0. The average Bonchev–Trinajstić information content (AvgIpc) is 2.25. The van der Waals surface area contributed by atoms with Crippen molar-refractivity contribution < 1.29 is 9.90 Å². The molecule has 1 aromatic rings. The number of hydrogen-bond acceptors (Lipinski definition) is 4. The Bertz CT molecular complexity index is 479. The average molecular weight is 263 g/mol. The highest BCUT2D eigenvalue weighted by molar-refractivity contribution is 5.78. The standard InChI is InChI=1S/C14H21N3O2/c1-9-8-10(2)16-13(15-9)17-7-5-6-14(3,4)11(17)12(18)19/h8,11H,5-7H2,1-4H3,(H,18,19). The first-order chi connectivity index (χ1) is 8.81. The number of carboxylic acids is 1. The van der Waals surface area contributed by atoms with E-state index in [0.29, 0.717) is 12.5 Å². The number of nitrogens with zero attached hydrogens (tertiary/aromatic N) is 3. The Balaban J connectivity index is 2.43. The predicted molar refractivity (Wildman–Crippen MR) is 73.3 cm³/mol. The molecular formula is C14H21N3O2. The van der Waals surface area contributed by atoms with Gasteiger partial charge in [0.25, 0.3) is 0 Å². The lowest BCUT2D eigenvalue weighted by Crippen LogP contribution is -2.55. The Labute approximate surface area is 113 Å². The van der Waals surface area contributed by atoms with Crippen LogP contribution in [0.1, 0.15) is 38.1 Å². The maximum atomic E-state index is 11.6. The molecule has 1 N–H and O–H groups in total. The van der Waals surface area contributed by atoms with Crippen LogP contribution in [0.3, 0.4) is 0 Å². The van der Waals surface area contributed by atoms with Gasteiger partial charge in [0.05, 0.1) is 0 Å². The second-order valence-corrected chi connectivity index (χ2v) is 5.98. The first-order valence-corrected chi connectivity index (χ1v) is 6.63. The van der Waals surface area contributed by atoms with Gasteiger partial charge in [-0.2, -0.15) is 0 Å². The summed E-state index contributed by atoms with van der Waals surface area (Å²) in [6.45, 7) is 8.51. The quantitative estimate of drug-likeness (QED) is 0.885. The lowest BCUT2D eigenvalue weighted by atomic mass is 9.76. The van der Waals surface area contributed by atoms with Crippen LogP contribution in [0.25, 0.3) is 0 Å². The van der Waals surface area contributed by atoms with Gasteiger partial charge in [0, 0.05) is 17.9 Å². The number of rotatable bonds is 2. The van der Waals surface area contributed by atoms with E-state index in [0.717, 1.165) is 24.2 Å². The number of aromatic nitrogens is 2. The van der Waals surface area contributed by atoms with Gasteiger partial charge in [0.15, 0.2) is 0 Å². The summed E-state index contributed by atoms with van der Waals surface area (Å²) in [6.07, 6.45) is 1.87. The van der Waals surface area contributed by atoms with Crippen molar-refractivity contribution in [2.24, 2.45) is 5.41 Å². The molecule has 1 saturated heterocycles. The first kappa shape index (κ1) is 13.8. The molecule has 1 aliphatic heterocycles. The van der Waals surface area contributed by atoms with Crippen molar-refractivity contribution >= 4 is 11.9 Å². The molecule has 2 heterocycles. The molecule has 0 saturated carbocycles. The van der Waals surface area contributed by atoms with Gasteiger partial charge in [0.1, 0.15) is 6.04 Å². The molecule has 0 aliphatic carbocycles. The third-order valence-corrected chi connectivity index (χ3v) is 3.73. The van der Waals surface area contributed by atoms with Crippen LogP contribution in [-0.2, 0) is 4.79 Å². The number of piperidine rings is 1. The van der Waals surface area contributed by atoms with E-state index in [-0.39, 0.29) is 5.41 Å². The molecule has 1 unspecified atom stereocenters. The maximum absolute atomic E-state index is 11.6. The van der Waals surface area contributed by atoms with Gasteiger partial charge in [-0.15, -0.1) is 0 Å². The fraction of sp³-hybridized carbons (Fsp3) is 0.643. The summed E-state index contributed by atoms with van der Waals surface area (Å²) in [5.74, 6) is -0.259. The number of aryl methyl sites for hydroxylation is 2. The first-order valence-electron chi connectivity index (χ1n) is 6.63. The summed E-state index contributed by atoms with van der Waals surface area (Å²) < 4.78 is 0. The van der Waals surface area contributed by atoms with E-state index in [1.54, 1.807) is 0 Å². The maximum Gasteiger partial charge on any atom is 0.326 e. The van der Waals surface area contributed by atoms with E-state index in [1.807, 2.05) is 38.7 Å². The highest BCUT2D eigenvalue weighted by Crippen LogP contribution is 2.36. The molecule has 1 atom stereocenters. The molecule has 0 radical (unpaired) electrons. The van der Waals surface area contributed by atoms with Crippen molar-refractivity contribution in [3.63, 3.8) is 0 Å². The van der Waals surface area contributed by atoms with Gasteiger partial charge >= 0.3 is 5.97 Å². The molecule has 19 heavy (non-hydrogen) atoms. The minimum Gasteiger partial charge on any atom is -0.480 e. The normalized spacial score (nSPS) is 22.3. The zero-order chi connectivity index (χ0) is 14.2. The van der Waals surface area contributed by atoms with Crippen LogP contribution in [0.15, 0.2) is 6.07 Å². The van der Waals surface area contributed by atoms with Crippen molar-refractivity contribution in [3.8, 4) is 0 Å². The van der Waals surface area contributed by atoms with Gasteiger partial charge in [-0.05, 0) is 38.2 Å². The van der Waals surface area contributed by atoms with Crippen molar-refractivity contribution in [1.82, 2.24) is 9.97 Å². The highest BCUT2D eigenvalue weighted by atomic mass is 16.4. The van der Waals surface area contributed by atoms with Crippen molar-refractivity contribution in [1.29, 1.82) is 0 Å². The van der Waals surface area contributed by atoms with Gasteiger partial charge in [0.2, 0.25) is 5.95 Å². The summed E-state index contributed by atoms with van der Waals surface area (Å²) in [4.78, 5) is 22.3. The zero-order valence-corrected chi connectivity index (χ0v) is 12.0. The van der Waals surface area contributed by atoms with Crippen molar-refractivity contribution in [3.05, 3.63) is 17.5 Å². The molecule has 0 aromatic carbocycles. The third-order valence-electron chi connectivity index (χ3n) is 3.73. The molecule has 0 bridgehead atoms. The van der Waals surface area contributed by atoms with E-state index in [1.165, 1.54) is 0 Å². The number of carbonyl (C=O) groups is 1. The van der Waals surface area contributed by atoms with Gasteiger partial charge in [-0.1, -0.05) is 13.8 Å². The molecule has 5 nitrogen and oxygen atoms in total. The van der Waals surface area contributed by atoms with Crippen molar-refractivity contribution in [2.75, 3.05) is 11.4 Å². The molecule has 2 rings (SSSR count). The molecule has 1 aromatic heterocycles. The molecule has 1 aliphatic rings. The fourth-order valence-electron chi connectivity index (χ4n) is 2.91. The second kappa shape index (κ2) is 4.79. The van der Waals surface area contributed by atoms with Crippen LogP contribution < -0.4 is 4.90 Å². The van der Waals surface area contributed by atoms with Crippen LogP contribution in [0.2, 0.25) is 0 Å². The SMILES string of the molecule is Cc1cc(C)nc(N2CCCC(C)(C)C2C(=O)O)n1. The summed E-state index contributed by atoms with van der Waals surface area (Å²) in [5, 5.41) is 9.55. The second-order valence-electron chi connectivity index (χ2n) is 5.98. The lowest BCUT2D eigenvalue weighted by Gasteiger charge is -2.44. The largest absolute Gasteiger partial charge is 0.480 e. The summed E-state index contributed by atoms with van der Waals surface area (Å²) in [6, 6.07) is 1.33. The fourth-order valence-corrected chi connectivity index (χ4v) is 2.91. The highest BCUT2D eigenvalue weighted by Gasteiger charge is 2.43. The molecule has 1 fully saturated rings. The topological polar surface area (TPSA) is 66.3 Å². The Morgan fingerprint density at radius 3 is 2.47 bits per heavy atom. The number of hydrogen-bond donors (Lipinski definition) is 1. The number of anilines is 1. The molecule has 0 amide bonds. The predicted octanol–water partition coefficient (Wildman–Crippen LogP) is 2.17. The zero-order valence-electron chi connectivity index (χ0n) is 12.0. The minimum atomic E-state index is -0.799. The van der Waals surface area contributed by atoms with E-state index >= 15 is 0 Å². The lowest BCUT2D eigenvalue weighted by molar-refractivity contribution is -0.142. The van der Waals surface area contributed by atoms with E-state index in [4.69, 9.17) is 0 Å². The Hall–Kier alpha value is -1.65. The van der Waals surface area contributed by atoms with Crippen LogP contribution in [0.4, 0.5) is 5.95 Å². The van der Waals surface area contributed by atoms with Crippen LogP contribution in [0, 0.1) is 19.3 Å². The number of aliphatic carboxylic acids is 1. The Morgan fingerprint density at radius 1 is 1.37 bits per heavy atom. The van der Waals surface area contributed by atoms with Crippen LogP contribution in [-0.4, -0.2) is 33.6 Å². The van der Waals surface area contributed by atoms with E-state index in [2.05, 4.69) is 9.97 Å². The summed E-state index contributed by atoms with van der Waals surface area (Å²) in [7, 11) is 0. The smallest absolute Gasteiger partial charge is 0.326 e. The van der Waals surface area contributed by atoms with Gasteiger partial charge in [-0.3, -0.25) is 0 Å². The Morgan fingerprint density at radius 2 is 1.95 bits per heavy atom. The van der Waals surface area contributed by atoms with Crippen LogP contribution in [0.5, 0.6) is 0 Å². The molecule has 0 spiro atoms. The molecule has 5 heteroatoms. The van der Waals surface area contributed by atoms with E-state index < -0.39 is 12.0 Å². The number of carboxylic acid groups (broad SMARTS) is 1. The third kappa shape index (κ3) is 2.69. The monoisotopic (exact) mass is 263 g/mol. The Kier molecular flexibility index (Phi) is 3.47. The van der Waals surface area contributed by atoms with Gasteiger partial charge < -0.3 is 10.0 Å². The summed E-state index contributed by atoms with van der Waals surface area (Å²) in [5.41, 5.74) is 1.47. The van der Waals surface area contributed by atoms with Crippen molar-refractivity contribution in [2.45, 2.75) is 46.6 Å². The minimum absolute atomic E-state index is 0.273. The van der Waals surface area contributed by atoms with Crippen LogP contribution >= 0.6 is 0 Å². The van der Waals surface area contributed by atoms with Gasteiger partial charge in [-0.25, -0.2) is 14.8 Å². The molecule has 104 valence electrons. The van der Waals surface area contributed by atoms with E-state index in [9.17, 15) is 9.90 Å². The molecular weight excluding hydrogens is 242 g/mol.